The number of nitrogens with one attached hydrogen (secondary N) is 1. The summed E-state index contributed by atoms with van der Waals surface area (Å²) in [5.41, 5.74) is 1.29. The van der Waals surface area contributed by atoms with Crippen molar-refractivity contribution >= 4 is 0 Å². The van der Waals surface area contributed by atoms with Crippen molar-refractivity contribution in [2.24, 2.45) is 0 Å². The van der Waals surface area contributed by atoms with Gasteiger partial charge in [0.2, 0.25) is 0 Å². The van der Waals surface area contributed by atoms with Crippen LogP contribution in [0, 0.1) is 0 Å². The third kappa shape index (κ3) is 6.60. The fourth-order valence-electron chi connectivity index (χ4n) is 1.92. The minimum Gasteiger partial charge on any atom is -0.491 e. The number of aliphatic hydroxyl groups excluding tert-OH is 1. The standard InChI is InChI=1S/C16H27NO2/c1-13(2)19-15-7-5-14(6-8-15)9-11-17-16(3,4)10-12-18/h5-8,13,17-18H,9-12H2,1-4H3. The molecule has 3 nitrogen and oxygen atoms in total. The lowest BCUT2D eigenvalue weighted by Gasteiger charge is -2.25. The number of hydrogen-bond acceptors (Lipinski definition) is 3. The van der Waals surface area contributed by atoms with Gasteiger partial charge in [-0.1, -0.05) is 12.1 Å². The Morgan fingerprint density at radius 3 is 2.37 bits per heavy atom. The number of hydrogen-bond donors (Lipinski definition) is 2. The molecule has 1 aromatic carbocycles. The summed E-state index contributed by atoms with van der Waals surface area (Å²) in [6.45, 7) is 9.42. The minimum atomic E-state index is -0.00452. The van der Waals surface area contributed by atoms with Crippen molar-refractivity contribution in [3.63, 3.8) is 0 Å². The molecule has 2 N–H and O–H groups in total. The van der Waals surface area contributed by atoms with Crippen LogP contribution in [-0.2, 0) is 6.42 Å². The van der Waals surface area contributed by atoms with Gasteiger partial charge in [0.1, 0.15) is 5.75 Å². The molecule has 3 heteroatoms. The first kappa shape index (κ1) is 16.0. The normalized spacial score (nSPS) is 11.9. The molecule has 19 heavy (non-hydrogen) atoms. The fraction of sp³-hybridized carbons (Fsp3) is 0.625. The second-order valence-electron chi connectivity index (χ2n) is 5.84. The zero-order valence-corrected chi connectivity index (χ0v) is 12.6. The lowest BCUT2D eigenvalue weighted by atomic mass is 10.0. The molecule has 0 aliphatic carbocycles. The van der Waals surface area contributed by atoms with Gasteiger partial charge in [-0.05, 0) is 64.8 Å². The van der Waals surface area contributed by atoms with Crippen LogP contribution in [0.2, 0.25) is 0 Å². The van der Waals surface area contributed by atoms with Gasteiger partial charge in [0, 0.05) is 12.1 Å². The Hall–Kier alpha value is -1.06. The number of aliphatic hydroxyl groups is 1. The molecule has 0 aliphatic rings. The van der Waals surface area contributed by atoms with Crippen LogP contribution in [0.3, 0.4) is 0 Å². The molecule has 0 aromatic heterocycles. The van der Waals surface area contributed by atoms with Gasteiger partial charge in [-0.25, -0.2) is 0 Å². The summed E-state index contributed by atoms with van der Waals surface area (Å²) in [4.78, 5) is 0. The molecule has 0 bridgehead atoms. The molecule has 0 atom stereocenters. The summed E-state index contributed by atoms with van der Waals surface area (Å²) in [5, 5.41) is 12.4. The molecule has 0 aliphatic heterocycles. The van der Waals surface area contributed by atoms with E-state index in [0.29, 0.717) is 0 Å². The topological polar surface area (TPSA) is 41.5 Å². The van der Waals surface area contributed by atoms with E-state index < -0.39 is 0 Å². The first-order valence-electron chi connectivity index (χ1n) is 7.04. The maximum Gasteiger partial charge on any atom is 0.119 e. The second-order valence-corrected chi connectivity index (χ2v) is 5.84. The molecule has 0 fully saturated rings. The van der Waals surface area contributed by atoms with E-state index in [9.17, 15) is 0 Å². The summed E-state index contributed by atoms with van der Waals surface area (Å²) in [5.74, 6) is 0.923. The SMILES string of the molecule is CC(C)Oc1ccc(CCNC(C)(C)CCO)cc1. The maximum atomic E-state index is 8.97. The molecular weight excluding hydrogens is 238 g/mol. The average Bonchev–Trinajstić information content (AvgIpc) is 2.30. The highest BCUT2D eigenvalue weighted by Crippen LogP contribution is 2.14. The molecule has 1 aromatic rings. The lowest BCUT2D eigenvalue weighted by molar-refractivity contribution is 0.231. The molecule has 1 rings (SSSR count). The summed E-state index contributed by atoms with van der Waals surface area (Å²) in [7, 11) is 0. The van der Waals surface area contributed by atoms with Crippen molar-refractivity contribution in [2.75, 3.05) is 13.2 Å². The van der Waals surface area contributed by atoms with Gasteiger partial charge in [0.25, 0.3) is 0 Å². The zero-order valence-electron chi connectivity index (χ0n) is 12.6. The van der Waals surface area contributed by atoms with Crippen LogP contribution in [0.5, 0.6) is 5.75 Å². The van der Waals surface area contributed by atoms with Crippen LogP contribution in [0.4, 0.5) is 0 Å². The molecule has 0 amide bonds. The van der Waals surface area contributed by atoms with Gasteiger partial charge < -0.3 is 15.2 Å². The maximum absolute atomic E-state index is 8.97. The van der Waals surface area contributed by atoms with E-state index in [1.54, 1.807) is 0 Å². The smallest absolute Gasteiger partial charge is 0.119 e. The Balaban J connectivity index is 2.38. The highest BCUT2D eigenvalue weighted by atomic mass is 16.5. The highest BCUT2D eigenvalue weighted by molar-refractivity contribution is 5.27. The summed E-state index contributed by atoms with van der Waals surface area (Å²) < 4.78 is 5.62. The Kier molecular flexibility index (Phi) is 6.32. The molecule has 108 valence electrons. The lowest BCUT2D eigenvalue weighted by Crippen LogP contribution is -2.41. The predicted octanol–water partition coefficient (Wildman–Crippen LogP) is 2.77. The van der Waals surface area contributed by atoms with Crippen LogP contribution >= 0.6 is 0 Å². The minimum absolute atomic E-state index is 0.00452. The van der Waals surface area contributed by atoms with Gasteiger partial charge in [-0.2, -0.15) is 0 Å². The van der Waals surface area contributed by atoms with Crippen molar-refractivity contribution in [3.8, 4) is 5.75 Å². The number of rotatable bonds is 8. The quantitative estimate of drug-likeness (QED) is 0.759. The summed E-state index contributed by atoms with van der Waals surface area (Å²) in [6.07, 6.45) is 1.97. The Labute approximate surface area is 117 Å². The first-order valence-corrected chi connectivity index (χ1v) is 7.04. The fourth-order valence-corrected chi connectivity index (χ4v) is 1.92. The molecule has 0 radical (unpaired) electrons. The van der Waals surface area contributed by atoms with E-state index in [-0.39, 0.29) is 18.2 Å². The zero-order chi connectivity index (χ0) is 14.3. The van der Waals surface area contributed by atoms with E-state index in [4.69, 9.17) is 9.84 Å². The van der Waals surface area contributed by atoms with E-state index in [2.05, 4.69) is 31.3 Å². The molecular formula is C16H27NO2. The van der Waals surface area contributed by atoms with Crippen molar-refractivity contribution in [2.45, 2.75) is 52.2 Å². The summed E-state index contributed by atoms with van der Waals surface area (Å²) >= 11 is 0. The van der Waals surface area contributed by atoms with Gasteiger partial charge in [-0.15, -0.1) is 0 Å². The van der Waals surface area contributed by atoms with E-state index >= 15 is 0 Å². The first-order chi connectivity index (χ1) is 8.93. The monoisotopic (exact) mass is 265 g/mol. The third-order valence-electron chi connectivity index (χ3n) is 3.05. The molecule has 0 unspecified atom stereocenters. The van der Waals surface area contributed by atoms with E-state index in [1.807, 2.05) is 26.0 Å². The van der Waals surface area contributed by atoms with Crippen LogP contribution < -0.4 is 10.1 Å². The Bertz CT molecular complexity index is 358. The predicted molar refractivity (Wildman–Crippen MR) is 79.7 cm³/mol. The van der Waals surface area contributed by atoms with Crippen LogP contribution in [0.15, 0.2) is 24.3 Å². The van der Waals surface area contributed by atoms with E-state index in [1.165, 1.54) is 5.56 Å². The van der Waals surface area contributed by atoms with Crippen LogP contribution in [0.1, 0.15) is 39.7 Å². The van der Waals surface area contributed by atoms with Crippen molar-refractivity contribution in [1.29, 1.82) is 0 Å². The molecule has 0 spiro atoms. The van der Waals surface area contributed by atoms with Gasteiger partial charge in [-0.3, -0.25) is 0 Å². The van der Waals surface area contributed by atoms with Crippen molar-refractivity contribution in [1.82, 2.24) is 5.32 Å². The Morgan fingerprint density at radius 2 is 1.84 bits per heavy atom. The van der Waals surface area contributed by atoms with Gasteiger partial charge in [0.05, 0.1) is 6.10 Å². The molecule has 0 heterocycles. The van der Waals surface area contributed by atoms with Crippen LogP contribution in [0.25, 0.3) is 0 Å². The third-order valence-corrected chi connectivity index (χ3v) is 3.05. The van der Waals surface area contributed by atoms with Crippen molar-refractivity contribution < 1.29 is 9.84 Å². The van der Waals surface area contributed by atoms with Crippen molar-refractivity contribution in [3.05, 3.63) is 29.8 Å². The van der Waals surface area contributed by atoms with E-state index in [0.717, 1.165) is 25.1 Å². The average molecular weight is 265 g/mol. The number of benzene rings is 1. The second kappa shape index (κ2) is 7.51. The largest absolute Gasteiger partial charge is 0.491 e. The summed E-state index contributed by atoms with van der Waals surface area (Å²) in [6, 6.07) is 8.26. The van der Waals surface area contributed by atoms with Crippen LogP contribution in [-0.4, -0.2) is 29.9 Å². The van der Waals surface area contributed by atoms with Gasteiger partial charge in [0.15, 0.2) is 0 Å². The molecule has 0 saturated carbocycles. The van der Waals surface area contributed by atoms with Gasteiger partial charge >= 0.3 is 0 Å². The number of ether oxygens (including phenoxy) is 1. The molecule has 0 saturated heterocycles. The highest BCUT2D eigenvalue weighted by Gasteiger charge is 2.15. The Morgan fingerprint density at radius 1 is 1.21 bits per heavy atom.